The van der Waals surface area contributed by atoms with Crippen LogP contribution in [0.4, 0.5) is 0 Å². The number of ether oxygens (including phenoxy) is 1. The molecular formula is C29H22Cl2N2O3. The first-order chi connectivity index (χ1) is 17.4. The van der Waals surface area contributed by atoms with E-state index in [2.05, 4.69) is 4.98 Å². The van der Waals surface area contributed by atoms with Crippen LogP contribution >= 0.6 is 23.2 Å². The first-order valence-corrected chi connectivity index (χ1v) is 12.1. The van der Waals surface area contributed by atoms with Gasteiger partial charge in [0.15, 0.2) is 0 Å². The summed E-state index contributed by atoms with van der Waals surface area (Å²) >= 11 is 12.4. The van der Waals surface area contributed by atoms with Gasteiger partial charge in [-0.3, -0.25) is 4.79 Å². The van der Waals surface area contributed by atoms with Crippen LogP contribution in [0.2, 0.25) is 10.0 Å². The topological polar surface area (TPSA) is 75.2 Å². The Morgan fingerprint density at radius 2 is 1.67 bits per heavy atom. The van der Waals surface area contributed by atoms with Crippen molar-refractivity contribution in [1.82, 2.24) is 9.97 Å². The van der Waals surface area contributed by atoms with Crippen LogP contribution in [-0.2, 0) is 11.2 Å². The minimum Gasteiger partial charge on any atom is -0.497 e. The van der Waals surface area contributed by atoms with E-state index in [1.54, 1.807) is 19.2 Å². The fourth-order valence-electron chi connectivity index (χ4n) is 4.42. The van der Waals surface area contributed by atoms with E-state index < -0.39 is 11.9 Å². The zero-order valence-corrected chi connectivity index (χ0v) is 20.8. The van der Waals surface area contributed by atoms with E-state index in [4.69, 9.17) is 32.9 Å². The van der Waals surface area contributed by atoms with Crippen molar-refractivity contribution in [2.75, 3.05) is 7.11 Å². The van der Waals surface area contributed by atoms with Gasteiger partial charge in [-0.25, -0.2) is 4.98 Å². The lowest BCUT2D eigenvalue weighted by molar-refractivity contribution is -0.138. The maximum atomic E-state index is 12.4. The molecule has 180 valence electrons. The fraction of sp³-hybridized carbons (Fsp3) is 0.103. The number of halogens is 2. The largest absolute Gasteiger partial charge is 0.497 e. The van der Waals surface area contributed by atoms with Crippen molar-refractivity contribution in [3.05, 3.63) is 106 Å². The molecule has 4 aromatic carbocycles. The molecule has 0 bridgehead atoms. The number of carbonyl (C=O) groups is 1. The molecule has 0 aliphatic heterocycles. The Bertz CT molecular complexity index is 1560. The van der Waals surface area contributed by atoms with Crippen LogP contribution in [0.15, 0.2) is 84.9 Å². The maximum Gasteiger partial charge on any atom is 0.311 e. The van der Waals surface area contributed by atoms with E-state index in [9.17, 15) is 9.90 Å². The minimum absolute atomic E-state index is 0.188. The number of benzene rings is 4. The van der Waals surface area contributed by atoms with Crippen molar-refractivity contribution < 1.29 is 14.6 Å². The third-order valence-corrected chi connectivity index (χ3v) is 6.96. The van der Waals surface area contributed by atoms with Crippen LogP contribution in [0.1, 0.15) is 17.3 Å². The van der Waals surface area contributed by atoms with Gasteiger partial charge in [0.05, 0.1) is 34.5 Å². The predicted octanol–water partition coefficient (Wildman–Crippen LogP) is 7.62. The van der Waals surface area contributed by atoms with Crippen LogP contribution < -0.4 is 4.74 Å². The Kier molecular flexibility index (Phi) is 6.68. The van der Waals surface area contributed by atoms with E-state index >= 15 is 0 Å². The molecule has 0 saturated carbocycles. The average Bonchev–Trinajstić information content (AvgIpc) is 3.32. The summed E-state index contributed by atoms with van der Waals surface area (Å²) in [6.45, 7) is 0. The molecular weight excluding hydrogens is 495 g/mol. The molecule has 0 saturated heterocycles. The van der Waals surface area contributed by atoms with Crippen LogP contribution in [0, 0.1) is 0 Å². The number of nitrogens with one attached hydrogen (secondary N) is 1. The van der Waals surface area contributed by atoms with Crippen molar-refractivity contribution in [2.24, 2.45) is 0 Å². The summed E-state index contributed by atoms with van der Waals surface area (Å²) in [7, 11) is 1.61. The molecule has 1 aromatic heterocycles. The number of aromatic amines is 1. The van der Waals surface area contributed by atoms with Crippen molar-refractivity contribution in [1.29, 1.82) is 0 Å². The van der Waals surface area contributed by atoms with Crippen LogP contribution in [0.25, 0.3) is 33.3 Å². The first kappa shape index (κ1) is 23.9. The summed E-state index contributed by atoms with van der Waals surface area (Å²) in [6, 6.07) is 26.5. The Morgan fingerprint density at radius 1 is 0.944 bits per heavy atom. The van der Waals surface area contributed by atoms with Crippen LogP contribution in [-0.4, -0.2) is 28.2 Å². The van der Waals surface area contributed by atoms with Crippen molar-refractivity contribution in [3.8, 4) is 28.3 Å². The summed E-state index contributed by atoms with van der Waals surface area (Å²) in [5.41, 5.74) is 3.82. The Balaban J connectivity index is 1.61. The molecule has 5 nitrogen and oxygen atoms in total. The number of aromatic nitrogens is 2. The number of methoxy groups -OCH3 is 1. The predicted molar refractivity (Wildman–Crippen MR) is 144 cm³/mol. The summed E-state index contributed by atoms with van der Waals surface area (Å²) < 4.78 is 5.29. The standard InChI is InChI=1S/C29H22Cl2N2O3/c1-36-20-12-9-18(10-13-20)27-28(19-11-14-24(30)25(31)15-19)33-26(32-27)16-23(29(34)35)22-8-4-6-17-5-2-3-7-21(17)22/h2-15,23H,16H2,1H3,(H,32,33)(H,34,35). The normalized spacial score (nSPS) is 12.0. The maximum absolute atomic E-state index is 12.4. The second-order valence-electron chi connectivity index (χ2n) is 8.43. The zero-order valence-electron chi connectivity index (χ0n) is 19.3. The summed E-state index contributed by atoms with van der Waals surface area (Å²) in [6.07, 6.45) is 0.188. The smallest absolute Gasteiger partial charge is 0.311 e. The molecule has 1 heterocycles. The van der Waals surface area contributed by atoms with Crippen LogP contribution in [0.5, 0.6) is 5.75 Å². The minimum atomic E-state index is -0.912. The third-order valence-electron chi connectivity index (χ3n) is 6.22. The Labute approximate surface area is 218 Å². The number of carboxylic acids is 1. The highest BCUT2D eigenvalue weighted by Crippen LogP contribution is 2.36. The monoisotopic (exact) mass is 516 g/mol. The highest BCUT2D eigenvalue weighted by molar-refractivity contribution is 6.42. The number of aliphatic carboxylic acids is 1. The molecule has 0 spiro atoms. The highest BCUT2D eigenvalue weighted by Gasteiger charge is 2.25. The number of H-pyrrole nitrogens is 1. The van der Waals surface area contributed by atoms with Crippen molar-refractivity contribution in [2.45, 2.75) is 12.3 Å². The van der Waals surface area contributed by atoms with Gasteiger partial charge >= 0.3 is 5.97 Å². The first-order valence-electron chi connectivity index (χ1n) is 11.3. The molecule has 0 amide bonds. The molecule has 0 aliphatic rings. The number of nitrogens with zero attached hydrogens (tertiary/aromatic N) is 1. The van der Waals surface area contributed by atoms with Gasteiger partial charge in [0.1, 0.15) is 11.6 Å². The van der Waals surface area contributed by atoms with Gasteiger partial charge in [0.2, 0.25) is 0 Å². The molecule has 5 rings (SSSR count). The molecule has 5 aromatic rings. The zero-order chi connectivity index (χ0) is 25.2. The van der Waals surface area contributed by atoms with Gasteiger partial charge < -0.3 is 14.8 Å². The van der Waals surface area contributed by atoms with Crippen LogP contribution in [0.3, 0.4) is 0 Å². The number of hydrogen-bond donors (Lipinski definition) is 2. The van der Waals surface area contributed by atoms with Crippen molar-refractivity contribution >= 4 is 39.9 Å². The highest BCUT2D eigenvalue weighted by atomic mass is 35.5. The lowest BCUT2D eigenvalue weighted by Crippen LogP contribution is -2.15. The van der Waals surface area contributed by atoms with E-state index in [0.29, 0.717) is 21.6 Å². The molecule has 0 aliphatic carbocycles. The fourth-order valence-corrected chi connectivity index (χ4v) is 4.71. The van der Waals surface area contributed by atoms with Gasteiger partial charge in [-0.05, 0) is 52.7 Å². The van der Waals surface area contributed by atoms with Gasteiger partial charge in [0, 0.05) is 17.5 Å². The molecule has 2 N–H and O–H groups in total. The van der Waals surface area contributed by atoms with Gasteiger partial charge in [-0.1, -0.05) is 71.7 Å². The number of carboxylic acid groups (broad SMARTS) is 1. The second-order valence-corrected chi connectivity index (χ2v) is 9.24. The Hall–Kier alpha value is -3.80. The summed E-state index contributed by atoms with van der Waals surface area (Å²) in [5.74, 6) is -0.406. The molecule has 0 radical (unpaired) electrons. The molecule has 36 heavy (non-hydrogen) atoms. The van der Waals surface area contributed by atoms with Gasteiger partial charge in [-0.2, -0.15) is 0 Å². The summed E-state index contributed by atoms with van der Waals surface area (Å²) in [4.78, 5) is 20.7. The molecule has 1 atom stereocenters. The molecule has 0 fully saturated rings. The average molecular weight is 517 g/mol. The van der Waals surface area contributed by atoms with E-state index in [0.717, 1.165) is 38.9 Å². The van der Waals surface area contributed by atoms with Gasteiger partial charge in [-0.15, -0.1) is 0 Å². The van der Waals surface area contributed by atoms with E-state index in [-0.39, 0.29) is 6.42 Å². The number of hydrogen-bond acceptors (Lipinski definition) is 3. The third kappa shape index (κ3) is 4.68. The molecule has 7 heteroatoms. The van der Waals surface area contributed by atoms with Crippen molar-refractivity contribution in [3.63, 3.8) is 0 Å². The lowest BCUT2D eigenvalue weighted by Gasteiger charge is -2.14. The number of fused-ring (bicyclic) bond motifs is 1. The lowest BCUT2D eigenvalue weighted by atomic mass is 9.91. The second kappa shape index (κ2) is 10.1. The number of rotatable bonds is 7. The van der Waals surface area contributed by atoms with Gasteiger partial charge in [0.25, 0.3) is 0 Å². The number of imidazole rings is 1. The summed E-state index contributed by atoms with van der Waals surface area (Å²) in [5, 5.41) is 13.0. The van der Waals surface area contributed by atoms with E-state index in [1.165, 1.54) is 0 Å². The molecule has 1 unspecified atom stereocenters. The SMILES string of the molecule is COc1ccc(-c2[nH]c(CC(C(=O)O)c3cccc4ccccc34)nc2-c2ccc(Cl)c(Cl)c2)cc1. The van der Waals surface area contributed by atoms with E-state index in [1.807, 2.05) is 72.8 Å². The Morgan fingerprint density at radius 3 is 2.39 bits per heavy atom. The quantitative estimate of drug-likeness (QED) is 0.233.